The van der Waals surface area contributed by atoms with Crippen LogP contribution in [0.1, 0.15) is 32.1 Å². The van der Waals surface area contributed by atoms with E-state index >= 15 is 0 Å². The lowest BCUT2D eigenvalue weighted by Gasteiger charge is -2.07. The molecule has 0 aromatic heterocycles. The van der Waals surface area contributed by atoms with Gasteiger partial charge in [0.15, 0.2) is 0 Å². The Hall–Kier alpha value is -1.06. The number of rotatable bonds is 11. The van der Waals surface area contributed by atoms with E-state index in [1.54, 1.807) is 0 Å². The monoisotopic (exact) mass is 251 g/mol. The van der Waals surface area contributed by atoms with Crippen molar-refractivity contribution >= 4 is 0 Å². The number of aliphatic hydroxyl groups excluding tert-OH is 1. The fourth-order valence-corrected chi connectivity index (χ4v) is 1.74. The van der Waals surface area contributed by atoms with E-state index in [0.29, 0.717) is 6.61 Å². The third kappa shape index (κ3) is 8.09. The van der Waals surface area contributed by atoms with E-state index in [2.05, 4.69) is 5.32 Å². The van der Waals surface area contributed by atoms with Gasteiger partial charge in [0.2, 0.25) is 0 Å². The molecule has 0 radical (unpaired) electrons. The number of para-hydroxylation sites is 1. The first-order chi connectivity index (χ1) is 8.93. The minimum absolute atomic E-state index is 0.324. The Bertz CT molecular complexity index is 277. The summed E-state index contributed by atoms with van der Waals surface area (Å²) in [5.41, 5.74) is 0. The van der Waals surface area contributed by atoms with Crippen molar-refractivity contribution in [1.29, 1.82) is 0 Å². The van der Waals surface area contributed by atoms with Crippen LogP contribution in [0.15, 0.2) is 30.3 Å². The van der Waals surface area contributed by atoms with Crippen LogP contribution in [0.4, 0.5) is 0 Å². The van der Waals surface area contributed by atoms with Gasteiger partial charge in [0, 0.05) is 6.61 Å². The van der Waals surface area contributed by atoms with Gasteiger partial charge in [-0.3, -0.25) is 0 Å². The molecule has 0 atom stereocenters. The first kappa shape index (κ1) is 15.0. The van der Waals surface area contributed by atoms with Gasteiger partial charge in [-0.1, -0.05) is 31.0 Å². The second kappa shape index (κ2) is 11.1. The quantitative estimate of drug-likeness (QED) is 0.594. The number of hydrogen-bond acceptors (Lipinski definition) is 3. The first-order valence-electron chi connectivity index (χ1n) is 6.93. The largest absolute Gasteiger partial charge is 0.494 e. The maximum Gasteiger partial charge on any atom is 0.119 e. The van der Waals surface area contributed by atoms with Crippen molar-refractivity contribution in [2.45, 2.75) is 32.1 Å². The Labute approximate surface area is 110 Å². The lowest BCUT2D eigenvalue weighted by molar-refractivity contribution is 0.282. The predicted octanol–water partition coefficient (Wildman–Crippen LogP) is 2.60. The van der Waals surface area contributed by atoms with Crippen LogP contribution in [-0.4, -0.2) is 31.4 Å². The molecule has 0 spiro atoms. The molecular weight excluding hydrogens is 226 g/mol. The van der Waals surface area contributed by atoms with Crippen LogP contribution < -0.4 is 10.1 Å². The molecule has 2 N–H and O–H groups in total. The summed E-state index contributed by atoms with van der Waals surface area (Å²) in [6.45, 7) is 3.16. The number of ether oxygens (including phenoxy) is 1. The Morgan fingerprint density at radius 3 is 2.39 bits per heavy atom. The normalized spacial score (nSPS) is 10.5. The van der Waals surface area contributed by atoms with Crippen molar-refractivity contribution in [3.63, 3.8) is 0 Å². The van der Waals surface area contributed by atoms with Crippen LogP contribution in [-0.2, 0) is 0 Å². The van der Waals surface area contributed by atoms with Crippen LogP contribution in [0.25, 0.3) is 0 Å². The first-order valence-corrected chi connectivity index (χ1v) is 6.93. The van der Waals surface area contributed by atoms with E-state index in [1.165, 1.54) is 12.8 Å². The van der Waals surface area contributed by atoms with Crippen molar-refractivity contribution in [3.05, 3.63) is 30.3 Å². The fraction of sp³-hybridized carbons (Fsp3) is 0.600. The van der Waals surface area contributed by atoms with E-state index < -0.39 is 0 Å². The topological polar surface area (TPSA) is 41.5 Å². The molecule has 1 rings (SSSR count). The summed E-state index contributed by atoms with van der Waals surface area (Å²) in [6, 6.07) is 9.92. The number of benzene rings is 1. The van der Waals surface area contributed by atoms with Gasteiger partial charge in [0.05, 0.1) is 6.61 Å². The molecular formula is C15H25NO2. The van der Waals surface area contributed by atoms with Crippen molar-refractivity contribution in [3.8, 4) is 5.75 Å². The van der Waals surface area contributed by atoms with E-state index in [4.69, 9.17) is 9.84 Å². The standard InChI is InChI=1S/C15H25NO2/c17-13-7-2-1-6-11-16-12-8-14-18-15-9-4-3-5-10-15/h3-5,9-10,16-17H,1-2,6-8,11-14H2. The number of aliphatic hydroxyl groups is 1. The molecule has 1 aromatic rings. The minimum atomic E-state index is 0.324. The minimum Gasteiger partial charge on any atom is -0.494 e. The molecule has 0 bridgehead atoms. The zero-order valence-corrected chi connectivity index (χ0v) is 11.1. The van der Waals surface area contributed by atoms with Gasteiger partial charge in [-0.2, -0.15) is 0 Å². The summed E-state index contributed by atoms with van der Waals surface area (Å²) in [6.07, 6.45) is 5.50. The number of hydrogen-bond donors (Lipinski definition) is 2. The van der Waals surface area contributed by atoms with E-state index in [1.807, 2.05) is 30.3 Å². The molecule has 1 aromatic carbocycles. The summed E-state index contributed by atoms with van der Waals surface area (Å²) in [5.74, 6) is 0.946. The van der Waals surface area contributed by atoms with Gasteiger partial charge in [-0.15, -0.1) is 0 Å². The van der Waals surface area contributed by atoms with Gasteiger partial charge in [-0.05, 0) is 44.5 Å². The van der Waals surface area contributed by atoms with Crippen LogP contribution in [0, 0.1) is 0 Å². The lowest BCUT2D eigenvalue weighted by atomic mass is 10.2. The van der Waals surface area contributed by atoms with Crippen LogP contribution in [0.5, 0.6) is 5.75 Å². The van der Waals surface area contributed by atoms with Gasteiger partial charge in [0.25, 0.3) is 0 Å². The molecule has 0 saturated carbocycles. The number of unbranched alkanes of at least 4 members (excludes halogenated alkanes) is 3. The summed E-state index contributed by atoms with van der Waals surface area (Å²) >= 11 is 0. The van der Waals surface area contributed by atoms with Gasteiger partial charge in [0.1, 0.15) is 5.75 Å². The third-order valence-electron chi connectivity index (χ3n) is 2.77. The molecule has 18 heavy (non-hydrogen) atoms. The highest BCUT2D eigenvalue weighted by Gasteiger charge is 1.92. The molecule has 0 heterocycles. The van der Waals surface area contributed by atoms with E-state index in [9.17, 15) is 0 Å². The molecule has 0 aliphatic heterocycles. The summed E-state index contributed by atoms with van der Waals surface area (Å²) in [7, 11) is 0. The molecule has 0 aliphatic rings. The molecule has 0 unspecified atom stereocenters. The molecule has 3 heteroatoms. The predicted molar refractivity (Wildman–Crippen MR) is 75.0 cm³/mol. The van der Waals surface area contributed by atoms with Crippen LogP contribution >= 0.6 is 0 Å². The van der Waals surface area contributed by atoms with E-state index in [0.717, 1.165) is 44.7 Å². The summed E-state index contributed by atoms with van der Waals surface area (Å²) < 4.78 is 5.60. The average Bonchev–Trinajstić information content (AvgIpc) is 2.42. The zero-order valence-electron chi connectivity index (χ0n) is 11.1. The highest BCUT2D eigenvalue weighted by molar-refractivity contribution is 5.20. The van der Waals surface area contributed by atoms with Gasteiger partial charge < -0.3 is 15.2 Å². The average molecular weight is 251 g/mol. The van der Waals surface area contributed by atoms with Crippen molar-refractivity contribution in [1.82, 2.24) is 5.32 Å². The SMILES string of the molecule is OCCCCCCNCCCOc1ccccc1. The van der Waals surface area contributed by atoms with Crippen LogP contribution in [0.3, 0.4) is 0 Å². The van der Waals surface area contributed by atoms with Crippen molar-refractivity contribution in [2.75, 3.05) is 26.3 Å². The number of nitrogens with one attached hydrogen (secondary N) is 1. The smallest absolute Gasteiger partial charge is 0.119 e. The fourth-order valence-electron chi connectivity index (χ4n) is 1.74. The second-order valence-electron chi connectivity index (χ2n) is 4.40. The summed E-state index contributed by atoms with van der Waals surface area (Å²) in [4.78, 5) is 0. The Kier molecular flexibility index (Phi) is 9.21. The van der Waals surface area contributed by atoms with Crippen molar-refractivity contribution in [2.24, 2.45) is 0 Å². The van der Waals surface area contributed by atoms with Crippen molar-refractivity contribution < 1.29 is 9.84 Å². The summed E-state index contributed by atoms with van der Waals surface area (Å²) in [5, 5.41) is 12.0. The molecule has 0 fully saturated rings. The maximum atomic E-state index is 8.63. The van der Waals surface area contributed by atoms with Gasteiger partial charge >= 0.3 is 0 Å². The second-order valence-corrected chi connectivity index (χ2v) is 4.40. The highest BCUT2D eigenvalue weighted by atomic mass is 16.5. The molecule has 102 valence electrons. The van der Waals surface area contributed by atoms with Crippen LogP contribution in [0.2, 0.25) is 0 Å². The maximum absolute atomic E-state index is 8.63. The van der Waals surface area contributed by atoms with Gasteiger partial charge in [-0.25, -0.2) is 0 Å². The third-order valence-corrected chi connectivity index (χ3v) is 2.77. The molecule has 0 saturated heterocycles. The molecule has 0 aliphatic carbocycles. The van der Waals surface area contributed by atoms with E-state index in [-0.39, 0.29) is 0 Å². The lowest BCUT2D eigenvalue weighted by Crippen LogP contribution is -2.18. The zero-order chi connectivity index (χ0) is 12.9. The molecule has 0 amide bonds. The Balaban J connectivity index is 1.82. The molecule has 3 nitrogen and oxygen atoms in total. The highest BCUT2D eigenvalue weighted by Crippen LogP contribution is 2.07. The Morgan fingerprint density at radius 2 is 1.61 bits per heavy atom. The Morgan fingerprint density at radius 1 is 0.889 bits per heavy atom.